The molecule has 4 aromatic heterocycles. The highest BCUT2D eigenvalue weighted by molar-refractivity contribution is 5.64. The van der Waals surface area contributed by atoms with Crippen molar-refractivity contribution in [2.45, 2.75) is 172 Å². The number of hydrogen-bond acceptors (Lipinski definition) is 0. The molecular weight excluding hydrogens is 945 g/mol. The van der Waals surface area contributed by atoms with Crippen LogP contribution in [0.1, 0.15) is 189 Å². The number of rotatable bonds is 16. The minimum absolute atomic E-state index is 0.480. The lowest BCUT2D eigenvalue weighted by Crippen LogP contribution is -2.32. The second kappa shape index (κ2) is 30.6. The molecule has 0 bridgehead atoms. The minimum atomic E-state index is -0.480. The predicted molar refractivity (Wildman–Crippen MR) is 334 cm³/mol. The molecule has 0 amide bonds. The number of pyridine rings is 4. The van der Waals surface area contributed by atoms with Gasteiger partial charge in [-0.25, -0.2) is 18.3 Å². The van der Waals surface area contributed by atoms with Crippen molar-refractivity contribution in [1.29, 1.82) is 0 Å². The Labute approximate surface area is 477 Å². The first-order chi connectivity index (χ1) is 38.2. The smallest absolute Gasteiger partial charge is 0.201 e. The van der Waals surface area contributed by atoms with Crippen LogP contribution in [0.3, 0.4) is 0 Å². The Bertz CT molecular complexity index is 3260. The van der Waals surface area contributed by atoms with Crippen LogP contribution in [-0.2, 0) is 28.2 Å². The van der Waals surface area contributed by atoms with Crippen molar-refractivity contribution in [3.8, 4) is 45.0 Å². The lowest BCUT2D eigenvalue weighted by Gasteiger charge is -2.16. The lowest BCUT2D eigenvalue weighted by molar-refractivity contribution is -0.661. The zero-order valence-electron chi connectivity index (χ0n) is 53.6. The van der Waals surface area contributed by atoms with Gasteiger partial charge in [-0.1, -0.05) is 128 Å². The van der Waals surface area contributed by atoms with Gasteiger partial charge in [-0.05, 0) is 185 Å². The third-order valence-corrected chi connectivity index (χ3v) is 16.4. The van der Waals surface area contributed by atoms with Crippen LogP contribution >= 0.6 is 0 Å². The number of hydrogen-bond donors (Lipinski definition) is 0. The fraction of sp³-hybridized carbons (Fsp3) is 0.405. The van der Waals surface area contributed by atoms with Crippen molar-refractivity contribution >= 4 is 0 Å². The van der Waals surface area contributed by atoms with Crippen LogP contribution in [-0.4, -0.2) is 0 Å². The van der Waals surface area contributed by atoms with Gasteiger partial charge in [0.05, 0.1) is 0 Å². The molecule has 0 N–H and O–H groups in total. The van der Waals surface area contributed by atoms with Crippen molar-refractivity contribution in [3.05, 3.63) is 214 Å². The van der Waals surface area contributed by atoms with Crippen LogP contribution in [0.5, 0.6) is 0 Å². The van der Waals surface area contributed by atoms with Crippen molar-refractivity contribution in [1.82, 2.24) is 0 Å². The van der Waals surface area contributed by atoms with E-state index in [1.807, 2.05) is 0 Å². The van der Waals surface area contributed by atoms with Gasteiger partial charge in [0.1, 0.15) is 28.2 Å². The second-order valence-corrected chi connectivity index (χ2v) is 21.5. The van der Waals surface area contributed by atoms with Gasteiger partial charge in [0.2, 0.25) is 22.8 Å². The van der Waals surface area contributed by atoms with E-state index in [1.54, 1.807) is 0 Å². The molecule has 0 unspecified atom stereocenters. The topological polar surface area (TPSA) is 15.5 Å². The van der Waals surface area contributed by atoms with E-state index in [4.69, 9.17) is 2.74 Å². The van der Waals surface area contributed by atoms with Gasteiger partial charge in [0.25, 0.3) is 0 Å². The molecule has 8 rings (SSSR count). The summed E-state index contributed by atoms with van der Waals surface area (Å²) in [5, 5.41) is 0. The van der Waals surface area contributed by atoms with Gasteiger partial charge in [0.15, 0.2) is 24.8 Å². The first-order valence-electron chi connectivity index (χ1n) is 30.4. The van der Waals surface area contributed by atoms with E-state index < -0.39 is 11.8 Å². The molecule has 78 heavy (non-hydrogen) atoms. The Kier molecular flexibility index (Phi) is 23.2. The highest BCUT2D eigenvalue weighted by Crippen LogP contribution is 2.32. The first kappa shape index (κ1) is 59.1. The third-order valence-electron chi connectivity index (χ3n) is 16.4. The van der Waals surface area contributed by atoms with Crippen LogP contribution < -0.4 is 18.3 Å². The summed E-state index contributed by atoms with van der Waals surface area (Å²) in [6.45, 7) is 30.5. The summed E-state index contributed by atoms with van der Waals surface area (Å²) >= 11 is 0. The van der Waals surface area contributed by atoms with E-state index in [0.717, 1.165) is 36.8 Å². The second-order valence-electron chi connectivity index (χ2n) is 21.5. The summed E-state index contributed by atoms with van der Waals surface area (Å²) in [6.07, 6.45) is 16.9. The molecule has 0 saturated heterocycles. The van der Waals surface area contributed by atoms with Crippen molar-refractivity contribution in [2.24, 2.45) is 28.2 Å². The molecule has 0 radical (unpaired) electrons. The Balaban J connectivity index is 0.000000196. The molecule has 412 valence electrons. The Morgan fingerprint density at radius 2 is 0.667 bits per heavy atom. The standard InChI is InChI=1S/2C19H26N.2C18H24N/c1-6-16(7-2)18-12-19(20(5)13-15(18)4)17-11-9-8-10-14(17)3;1-6-16(7-2)18-13-20(5)19(12-15(18)4)17-11-9-8-10-14(17)3;2*1-5-15(6-2)16-11-12-19(4)18(13-16)17-10-8-7-9-14(17)3/h2*8-13,16H,6-7H2,1-5H3;2*7-13,15H,5-6H2,1-4H3/q4*+1/i;16D;15D;. The maximum atomic E-state index is 8.70. The van der Waals surface area contributed by atoms with Crippen molar-refractivity contribution in [2.75, 3.05) is 0 Å². The molecule has 8 aromatic rings. The average molecular weight is 1050 g/mol. The molecule has 4 aromatic carbocycles. The highest BCUT2D eigenvalue weighted by atomic mass is 14.9. The van der Waals surface area contributed by atoms with E-state index in [1.165, 1.54) is 115 Å². The maximum Gasteiger partial charge on any atom is 0.212 e. The van der Waals surface area contributed by atoms with Crippen LogP contribution in [0.15, 0.2) is 158 Å². The molecule has 0 aliphatic carbocycles. The molecule has 0 saturated carbocycles. The van der Waals surface area contributed by atoms with E-state index >= 15 is 0 Å². The molecular formula is C74H100N4+4. The van der Waals surface area contributed by atoms with Gasteiger partial charge in [-0.3, -0.25) is 0 Å². The summed E-state index contributed by atoms with van der Waals surface area (Å²) in [6, 6.07) is 47.6. The summed E-state index contributed by atoms with van der Waals surface area (Å²) in [5.41, 5.74) is 23.2. The molecule has 4 heterocycles. The zero-order chi connectivity index (χ0) is 58.9. The minimum Gasteiger partial charge on any atom is -0.201 e. The number of aromatic nitrogens is 4. The molecule has 0 spiro atoms. The SMILES string of the molecule is CCC(CC)c1cc(-c2ccccc2C)[n+](C)cc1C.CCC(CC)c1cc[n+](C)c(-c2ccccc2C)c1.[2H]C(CC)(CC)c1c[n+](C)c(-c2ccccc2C)cc1C.[2H]C(CC)(CC)c1cc[n+](C)c(-c2ccccc2C)c1. The van der Waals surface area contributed by atoms with E-state index in [-0.39, 0.29) is 0 Å². The predicted octanol–water partition coefficient (Wildman–Crippen LogP) is 18.2. The fourth-order valence-electron chi connectivity index (χ4n) is 11.3. The van der Waals surface area contributed by atoms with Crippen molar-refractivity contribution in [3.63, 3.8) is 0 Å². The van der Waals surface area contributed by atoms with Crippen LogP contribution in [0.25, 0.3) is 45.0 Å². The van der Waals surface area contributed by atoms with Gasteiger partial charge < -0.3 is 0 Å². The molecule has 4 nitrogen and oxygen atoms in total. The normalized spacial score (nSPS) is 11.7. The quantitative estimate of drug-likeness (QED) is 0.0857. The van der Waals surface area contributed by atoms with Gasteiger partial charge in [-0.15, -0.1) is 0 Å². The number of nitrogens with zero attached hydrogens (tertiary/aromatic N) is 4. The maximum absolute atomic E-state index is 8.70. The molecule has 0 atom stereocenters. The van der Waals surface area contributed by atoms with Crippen LogP contribution in [0.4, 0.5) is 0 Å². The Morgan fingerprint density at radius 3 is 1.05 bits per heavy atom. The van der Waals surface area contributed by atoms with Crippen LogP contribution in [0.2, 0.25) is 0 Å². The fourth-order valence-corrected chi connectivity index (χ4v) is 11.3. The third kappa shape index (κ3) is 15.8. The summed E-state index contributed by atoms with van der Waals surface area (Å²) in [4.78, 5) is 0. The summed E-state index contributed by atoms with van der Waals surface area (Å²) in [5.74, 6) is 0.376. The lowest BCUT2D eigenvalue weighted by atomic mass is 9.90. The summed E-state index contributed by atoms with van der Waals surface area (Å²) in [7, 11) is 8.41. The van der Waals surface area contributed by atoms with E-state index in [9.17, 15) is 0 Å². The van der Waals surface area contributed by atoms with Crippen LogP contribution in [0, 0.1) is 41.5 Å². The molecule has 0 aliphatic heterocycles. The molecule has 0 aliphatic rings. The first-order valence-corrected chi connectivity index (χ1v) is 29.4. The number of benzene rings is 4. The average Bonchev–Trinajstić information content (AvgIpc) is 3.53. The monoisotopic (exact) mass is 1050 g/mol. The van der Waals surface area contributed by atoms with Gasteiger partial charge in [0, 0.05) is 72.5 Å². The van der Waals surface area contributed by atoms with Gasteiger partial charge >= 0.3 is 0 Å². The Hall–Kier alpha value is -6.52. The van der Waals surface area contributed by atoms with E-state index in [0.29, 0.717) is 11.8 Å². The van der Waals surface area contributed by atoms with Gasteiger partial charge in [-0.2, -0.15) is 0 Å². The summed E-state index contributed by atoms with van der Waals surface area (Å²) < 4.78 is 26.1. The number of aryl methyl sites for hydroxylation is 10. The zero-order valence-corrected chi connectivity index (χ0v) is 51.6. The molecule has 4 heteroatoms. The molecule has 0 fully saturated rings. The Morgan fingerprint density at radius 1 is 0.321 bits per heavy atom. The van der Waals surface area contributed by atoms with E-state index in [2.05, 4.69) is 302 Å². The van der Waals surface area contributed by atoms with Crippen molar-refractivity contribution < 1.29 is 21.0 Å². The highest BCUT2D eigenvalue weighted by Gasteiger charge is 2.22. The largest absolute Gasteiger partial charge is 0.212 e.